The Balaban J connectivity index is 2.01. The fraction of sp³-hybridized carbons (Fsp3) is 0.438. The normalized spacial score (nSPS) is 10.1. The molecule has 126 valence electrons. The number of thioether (sulfide) groups is 1. The Kier molecular flexibility index (Phi) is 9.54. The molecule has 0 bridgehead atoms. The number of aliphatic carboxylic acids is 1. The zero-order valence-corrected chi connectivity index (χ0v) is 13.7. The minimum absolute atomic E-state index is 0.110. The molecule has 1 rings (SSSR count). The Morgan fingerprint density at radius 2 is 1.65 bits per heavy atom. The summed E-state index contributed by atoms with van der Waals surface area (Å²) in [5.74, 6) is -0.583. The zero-order valence-electron chi connectivity index (χ0n) is 12.9. The number of benzene rings is 1. The Morgan fingerprint density at radius 3 is 2.35 bits per heavy atom. The summed E-state index contributed by atoms with van der Waals surface area (Å²) in [5, 5.41) is 14.0. The first-order valence-corrected chi connectivity index (χ1v) is 8.64. The van der Waals surface area contributed by atoms with E-state index >= 15 is 0 Å². The molecule has 0 saturated heterocycles. The van der Waals surface area contributed by atoms with Gasteiger partial charge in [0.1, 0.15) is 0 Å². The van der Waals surface area contributed by atoms with Gasteiger partial charge in [-0.15, -0.1) is 11.8 Å². The van der Waals surface area contributed by atoms with Gasteiger partial charge in [0, 0.05) is 18.7 Å². The maximum Gasteiger partial charge on any atom is 0.303 e. The third kappa shape index (κ3) is 10.4. The first-order chi connectivity index (χ1) is 11.1. The highest BCUT2D eigenvalue weighted by Gasteiger charge is 2.05. The van der Waals surface area contributed by atoms with E-state index in [4.69, 9.17) is 5.11 Å². The highest BCUT2D eigenvalue weighted by atomic mass is 32.2. The second-order valence-electron chi connectivity index (χ2n) is 4.96. The number of carbonyl (C=O) groups is 3. The van der Waals surface area contributed by atoms with E-state index < -0.39 is 5.97 Å². The number of amides is 2. The van der Waals surface area contributed by atoms with E-state index in [-0.39, 0.29) is 29.7 Å². The summed E-state index contributed by atoms with van der Waals surface area (Å²) in [6.07, 6.45) is 2.33. The predicted molar refractivity (Wildman–Crippen MR) is 91.5 cm³/mol. The van der Waals surface area contributed by atoms with Crippen molar-refractivity contribution in [3.05, 3.63) is 30.3 Å². The van der Waals surface area contributed by atoms with E-state index in [1.807, 2.05) is 18.2 Å². The standard InChI is InChI=1S/C16H22N2O4S/c19-14(17-10-6-2-5-9-16(21)22)11-23-12-15(20)18-13-7-3-1-4-8-13/h1,3-4,7-8H,2,5-6,9-12H2,(H,17,19)(H,18,20)(H,21,22). The van der Waals surface area contributed by atoms with Crippen LogP contribution in [0.25, 0.3) is 0 Å². The molecule has 0 saturated carbocycles. The molecule has 0 aliphatic heterocycles. The maximum absolute atomic E-state index is 11.7. The molecular weight excluding hydrogens is 316 g/mol. The van der Waals surface area contributed by atoms with Crippen molar-refractivity contribution in [1.82, 2.24) is 5.32 Å². The van der Waals surface area contributed by atoms with Gasteiger partial charge in [-0.05, 0) is 25.0 Å². The predicted octanol–water partition coefficient (Wildman–Crippen LogP) is 2.12. The fourth-order valence-corrected chi connectivity index (χ4v) is 2.46. The maximum atomic E-state index is 11.7. The van der Waals surface area contributed by atoms with E-state index in [1.165, 1.54) is 11.8 Å². The lowest BCUT2D eigenvalue weighted by molar-refractivity contribution is -0.137. The molecule has 0 aromatic heterocycles. The molecule has 0 heterocycles. The number of unbranched alkanes of at least 4 members (excludes halogenated alkanes) is 2. The lowest BCUT2D eigenvalue weighted by Crippen LogP contribution is -2.27. The summed E-state index contributed by atoms with van der Waals surface area (Å²) in [5.41, 5.74) is 0.740. The van der Waals surface area contributed by atoms with Crippen molar-refractivity contribution in [2.75, 3.05) is 23.4 Å². The molecule has 0 fully saturated rings. The minimum atomic E-state index is -0.792. The Hall–Kier alpha value is -2.02. The molecule has 0 radical (unpaired) electrons. The molecule has 0 aliphatic carbocycles. The van der Waals surface area contributed by atoms with Crippen molar-refractivity contribution in [1.29, 1.82) is 0 Å². The van der Waals surface area contributed by atoms with Crippen LogP contribution in [0.3, 0.4) is 0 Å². The Morgan fingerprint density at radius 1 is 0.957 bits per heavy atom. The highest BCUT2D eigenvalue weighted by molar-refractivity contribution is 8.00. The van der Waals surface area contributed by atoms with E-state index in [0.717, 1.165) is 18.5 Å². The SMILES string of the molecule is O=C(O)CCCCCNC(=O)CSCC(=O)Nc1ccccc1. The van der Waals surface area contributed by atoms with Crippen molar-refractivity contribution in [2.24, 2.45) is 0 Å². The third-order valence-electron chi connectivity index (χ3n) is 2.91. The Labute approximate surface area is 140 Å². The van der Waals surface area contributed by atoms with E-state index in [2.05, 4.69) is 10.6 Å². The number of anilines is 1. The van der Waals surface area contributed by atoms with Gasteiger partial charge in [-0.1, -0.05) is 24.6 Å². The topological polar surface area (TPSA) is 95.5 Å². The molecule has 1 aromatic carbocycles. The summed E-state index contributed by atoms with van der Waals surface area (Å²) < 4.78 is 0. The van der Waals surface area contributed by atoms with Crippen molar-refractivity contribution in [3.8, 4) is 0 Å². The minimum Gasteiger partial charge on any atom is -0.481 e. The number of carboxylic acid groups (broad SMARTS) is 1. The van der Waals surface area contributed by atoms with Gasteiger partial charge < -0.3 is 15.7 Å². The summed E-state index contributed by atoms with van der Waals surface area (Å²) >= 11 is 1.26. The summed E-state index contributed by atoms with van der Waals surface area (Å²) in [7, 11) is 0. The molecule has 2 amide bonds. The van der Waals surface area contributed by atoms with Crippen LogP contribution in [0.15, 0.2) is 30.3 Å². The van der Waals surface area contributed by atoms with Gasteiger partial charge in [0.2, 0.25) is 11.8 Å². The molecule has 0 unspecified atom stereocenters. The molecule has 1 aromatic rings. The van der Waals surface area contributed by atoms with Crippen molar-refractivity contribution >= 4 is 35.2 Å². The highest BCUT2D eigenvalue weighted by Crippen LogP contribution is 2.07. The largest absolute Gasteiger partial charge is 0.481 e. The van der Waals surface area contributed by atoms with Crippen LogP contribution in [0.5, 0.6) is 0 Å². The summed E-state index contributed by atoms with van der Waals surface area (Å²) in [6, 6.07) is 9.16. The monoisotopic (exact) mass is 338 g/mol. The molecule has 0 spiro atoms. The summed E-state index contributed by atoms with van der Waals surface area (Å²) in [6.45, 7) is 0.537. The number of carbonyl (C=O) groups excluding carboxylic acids is 2. The molecule has 0 atom stereocenters. The van der Waals surface area contributed by atoms with Gasteiger partial charge in [-0.25, -0.2) is 0 Å². The van der Waals surface area contributed by atoms with Gasteiger partial charge in [-0.2, -0.15) is 0 Å². The van der Waals surface area contributed by atoms with E-state index in [1.54, 1.807) is 12.1 Å². The van der Waals surface area contributed by atoms with Crippen molar-refractivity contribution in [2.45, 2.75) is 25.7 Å². The van der Waals surface area contributed by atoms with Gasteiger partial charge in [-0.3, -0.25) is 14.4 Å². The first kappa shape index (κ1) is 19.0. The second-order valence-corrected chi connectivity index (χ2v) is 5.95. The van der Waals surface area contributed by atoms with Gasteiger partial charge in [0.15, 0.2) is 0 Å². The van der Waals surface area contributed by atoms with Crippen LogP contribution < -0.4 is 10.6 Å². The fourth-order valence-electron chi connectivity index (χ4n) is 1.81. The number of hydrogen-bond acceptors (Lipinski definition) is 4. The number of para-hydroxylation sites is 1. The zero-order chi connectivity index (χ0) is 16.9. The molecule has 6 nitrogen and oxygen atoms in total. The Bertz CT molecular complexity index is 508. The van der Waals surface area contributed by atoms with Gasteiger partial charge >= 0.3 is 5.97 Å². The van der Waals surface area contributed by atoms with Crippen LogP contribution >= 0.6 is 11.8 Å². The second kappa shape index (κ2) is 11.5. The van der Waals surface area contributed by atoms with Crippen LogP contribution in [0.1, 0.15) is 25.7 Å². The van der Waals surface area contributed by atoms with Gasteiger partial charge in [0.05, 0.1) is 11.5 Å². The molecular formula is C16H22N2O4S. The third-order valence-corrected chi connectivity index (χ3v) is 3.85. The van der Waals surface area contributed by atoms with Crippen LogP contribution in [-0.4, -0.2) is 40.9 Å². The lowest BCUT2D eigenvalue weighted by Gasteiger charge is -2.06. The van der Waals surface area contributed by atoms with Crippen molar-refractivity contribution < 1.29 is 19.5 Å². The quantitative estimate of drug-likeness (QED) is 0.537. The van der Waals surface area contributed by atoms with Crippen LogP contribution in [0, 0.1) is 0 Å². The van der Waals surface area contributed by atoms with E-state index in [9.17, 15) is 14.4 Å². The number of rotatable bonds is 11. The number of carboxylic acids is 1. The van der Waals surface area contributed by atoms with E-state index in [0.29, 0.717) is 13.0 Å². The smallest absolute Gasteiger partial charge is 0.303 e. The van der Waals surface area contributed by atoms with Crippen molar-refractivity contribution in [3.63, 3.8) is 0 Å². The number of hydrogen-bond donors (Lipinski definition) is 3. The number of nitrogens with one attached hydrogen (secondary N) is 2. The molecule has 7 heteroatoms. The summed E-state index contributed by atoms with van der Waals surface area (Å²) in [4.78, 5) is 33.6. The van der Waals surface area contributed by atoms with Crippen LogP contribution in [-0.2, 0) is 14.4 Å². The van der Waals surface area contributed by atoms with Gasteiger partial charge in [0.25, 0.3) is 0 Å². The lowest BCUT2D eigenvalue weighted by atomic mass is 10.2. The van der Waals surface area contributed by atoms with Crippen LogP contribution in [0.2, 0.25) is 0 Å². The average Bonchev–Trinajstić information content (AvgIpc) is 2.51. The molecule has 0 aliphatic rings. The molecule has 23 heavy (non-hydrogen) atoms. The average molecular weight is 338 g/mol. The first-order valence-electron chi connectivity index (χ1n) is 7.49. The van der Waals surface area contributed by atoms with Crippen LogP contribution in [0.4, 0.5) is 5.69 Å². The molecule has 3 N–H and O–H groups in total.